The Labute approximate surface area is 187 Å². The molecule has 1 aliphatic heterocycles. The number of amides is 1. The van der Waals surface area contributed by atoms with E-state index < -0.39 is 12.1 Å². The largest absolute Gasteiger partial charge is 0.391 e. The van der Waals surface area contributed by atoms with Crippen molar-refractivity contribution in [3.05, 3.63) is 28.7 Å². The smallest absolute Gasteiger partial charge is 0.342 e. The summed E-state index contributed by atoms with van der Waals surface area (Å²) in [6.07, 6.45) is -0.856. The fourth-order valence-corrected chi connectivity index (χ4v) is 5.69. The first-order chi connectivity index (χ1) is 15.1. The standard InChI is InChI=1S/C24H33F3N4O/c1-14(2)22-15(3)28-21-12-20(17-7-9-19(10-8-17)24(25,26)27)29-31(21)23(22)18-6-5-11-30(13-18)16(4)32/h12,14,17-19H,5-11,13H2,1-4H3/t17-,18?,19-. The summed E-state index contributed by atoms with van der Waals surface area (Å²) in [5, 5.41) is 4.92. The van der Waals surface area contributed by atoms with Gasteiger partial charge in [-0.3, -0.25) is 4.79 Å². The number of alkyl halides is 3. The number of aryl methyl sites for hydroxylation is 1. The highest BCUT2D eigenvalue weighted by Gasteiger charge is 2.42. The first-order valence-corrected chi connectivity index (χ1v) is 11.8. The van der Waals surface area contributed by atoms with Gasteiger partial charge in [-0.1, -0.05) is 13.8 Å². The summed E-state index contributed by atoms with van der Waals surface area (Å²) >= 11 is 0. The number of halogens is 3. The lowest BCUT2D eigenvalue weighted by Gasteiger charge is -2.34. The third-order valence-electron chi connectivity index (χ3n) is 7.32. The van der Waals surface area contributed by atoms with Crippen molar-refractivity contribution < 1.29 is 18.0 Å². The molecule has 32 heavy (non-hydrogen) atoms. The van der Waals surface area contributed by atoms with Gasteiger partial charge in [0, 0.05) is 43.6 Å². The van der Waals surface area contributed by atoms with Gasteiger partial charge < -0.3 is 4.90 Å². The maximum absolute atomic E-state index is 13.1. The molecule has 2 aliphatic rings. The fourth-order valence-electron chi connectivity index (χ4n) is 5.69. The summed E-state index contributed by atoms with van der Waals surface area (Å²) in [5.74, 6) is -0.650. The maximum atomic E-state index is 13.1. The second-order valence-corrected chi connectivity index (χ2v) is 9.88. The summed E-state index contributed by atoms with van der Waals surface area (Å²) in [6, 6.07) is 1.96. The predicted octanol–water partition coefficient (Wildman–Crippen LogP) is 5.72. The van der Waals surface area contributed by atoms with Gasteiger partial charge in [0.25, 0.3) is 0 Å². The van der Waals surface area contributed by atoms with Gasteiger partial charge in [0.05, 0.1) is 17.3 Å². The Kier molecular flexibility index (Phi) is 6.25. The molecule has 0 N–H and O–H groups in total. The van der Waals surface area contributed by atoms with E-state index in [0.29, 0.717) is 19.4 Å². The average Bonchev–Trinajstić information content (AvgIpc) is 3.15. The van der Waals surface area contributed by atoms with E-state index in [-0.39, 0.29) is 36.5 Å². The van der Waals surface area contributed by atoms with Gasteiger partial charge in [-0.15, -0.1) is 0 Å². The summed E-state index contributed by atoms with van der Waals surface area (Å²) in [7, 11) is 0. The molecule has 8 heteroatoms. The molecule has 0 radical (unpaired) electrons. The van der Waals surface area contributed by atoms with E-state index in [2.05, 4.69) is 13.8 Å². The van der Waals surface area contributed by atoms with Crippen LogP contribution in [0.4, 0.5) is 13.2 Å². The Bertz CT molecular complexity index is 989. The highest BCUT2D eigenvalue weighted by Crippen LogP contribution is 2.43. The van der Waals surface area contributed by atoms with Crippen molar-refractivity contribution in [3.63, 3.8) is 0 Å². The van der Waals surface area contributed by atoms with Crippen LogP contribution in [0.2, 0.25) is 0 Å². The molecular weight excluding hydrogens is 417 g/mol. The van der Waals surface area contributed by atoms with Crippen molar-refractivity contribution in [1.82, 2.24) is 19.5 Å². The van der Waals surface area contributed by atoms with E-state index in [0.717, 1.165) is 42.1 Å². The molecule has 5 nitrogen and oxygen atoms in total. The summed E-state index contributed by atoms with van der Waals surface area (Å²) in [6.45, 7) is 9.37. The van der Waals surface area contributed by atoms with Crippen molar-refractivity contribution in [1.29, 1.82) is 0 Å². The van der Waals surface area contributed by atoms with Crippen LogP contribution in [0.1, 0.15) is 99.7 Å². The quantitative estimate of drug-likeness (QED) is 0.601. The number of carbonyl (C=O) groups excluding carboxylic acids is 1. The van der Waals surface area contributed by atoms with Crippen LogP contribution in [-0.2, 0) is 4.79 Å². The Morgan fingerprint density at radius 1 is 1.12 bits per heavy atom. The Morgan fingerprint density at radius 3 is 2.41 bits per heavy atom. The number of hydrogen-bond donors (Lipinski definition) is 0. The topological polar surface area (TPSA) is 50.5 Å². The lowest BCUT2D eigenvalue weighted by molar-refractivity contribution is -0.182. The van der Waals surface area contributed by atoms with Crippen LogP contribution in [0, 0.1) is 12.8 Å². The number of likely N-dealkylation sites (tertiary alicyclic amines) is 1. The average molecular weight is 451 g/mol. The van der Waals surface area contributed by atoms with Crippen LogP contribution in [0.5, 0.6) is 0 Å². The lowest BCUT2D eigenvalue weighted by atomic mass is 9.80. The van der Waals surface area contributed by atoms with E-state index in [4.69, 9.17) is 10.1 Å². The molecule has 176 valence electrons. The molecule has 3 heterocycles. The Balaban J connectivity index is 1.71. The zero-order valence-electron chi connectivity index (χ0n) is 19.4. The number of rotatable bonds is 3. The van der Waals surface area contributed by atoms with Crippen LogP contribution in [-0.4, -0.2) is 44.7 Å². The zero-order valence-corrected chi connectivity index (χ0v) is 19.4. The van der Waals surface area contributed by atoms with Gasteiger partial charge in [0.2, 0.25) is 5.91 Å². The SMILES string of the molecule is CC(=O)N1CCCC(c2c(C(C)C)c(C)nc3cc([C@H]4CC[C@H](C(F)(F)F)CC4)nn23)C1. The van der Waals surface area contributed by atoms with E-state index in [1.807, 2.05) is 22.4 Å². The third kappa shape index (κ3) is 4.37. The monoisotopic (exact) mass is 450 g/mol. The molecule has 1 aliphatic carbocycles. The predicted molar refractivity (Wildman–Crippen MR) is 117 cm³/mol. The van der Waals surface area contributed by atoms with Crippen molar-refractivity contribution in [2.24, 2.45) is 5.92 Å². The minimum absolute atomic E-state index is 0.0334. The summed E-state index contributed by atoms with van der Waals surface area (Å²) in [4.78, 5) is 18.8. The second-order valence-electron chi connectivity index (χ2n) is 9.88. The molecule has 1 saturated heterocycles. The molecule has 4 rings (SSSR count). The number of fused-ring (bicyclic) bond motifs is 1. The fraction of sp³-hybridized carbons (Fsp3) is 0.708. The third-order valence-corrected chi connectivity index (χ3v) is 7.32. The molecule has 1 atom stereocenters. The number of nitrogens with zero attached hydrogens (tertiary/aromatic N) is 4. The normalized spacial score (nSPS) is 25.0. The van der Waals surface area contributed by atoms with Crippen molar-refractivity contribution in [3.8, 4) is 0 Å². The molecule has 0 spiro atoms. The molecule has 0 bridgehead atoms. The molecule has 2 aromatic rings. The first kappa shape index (κ1) is 23.1. The van der Waals surface area contributed by atoms with Crippen molar-refractivity contribution in [2.45, 2.75) is 90.1 Å². The molecule has 0 aromatic carbocycles. The summed E-state index contributed by atoms with van der Waals surface area (Å²) < 4.78 is 41.2. The number of piperidine rings is 1. The van der Waals surface area contributed by atoms with Crippen LogP contribution in [0.15, 0.2) is 6.07 Å². The Morgan fingerprint density at radius 2 is 1.81 bits per heavy atom. The van der Waals surface area contributed by atoms with Crippen LogP contribution >= 0.6 is 0 Å². The number of aromatic nitrogens is 3. The van der Waals surface area contributed by atoms with Gasteiger partial charge in [-0.05, 0) is 56.9 Å². The van der Waals surface area contributed by atoms with E-state index in [1.54, 1.807) is 6.92 Å². The van der Waals surface area contributed by atoms with Crippen molar-refractivity contribution >= 4 is 11.6 Å². The van der Waals surface area contributed by atoms with Gasteiger partial charge in [0.1, 0.15) is 0 Å². The lowest BCUT2D eigenvalue weighted by Crippen LogP contribution is -2.38. The molecule has 2 aromatic heterocycles. The summed E-state index contributed by atoms with van der Waals surface area (Å²) in [5.41, 5.74) is 4.86. The highest BCUT2D eigenvalue weighted by molar-refractivity contribution is 5.73. The van der Waals surface area contributed by atoms with E-state index in [1.165, 1.54) is 5.56 Å². The zero-order chi connectivity index (χ0) is 23.2. The number of carbonyl (C=O) groups is 1. The second kappa shape index (κ2) is 8.67. The molecular formula is C24H33F3N4O. The van der Waals surface area contributed by atoms with Crippen LogP contribution in [0.25, 0.3) is 5.65 Å². The van der Waals surface area contributed by atoms with Crippen molar-refractivity contribution in [2.75, 3.05) is 13.1 Å². The highest BCUT2D eigenvalue weighted by atomic mass is 19.4. The first-order valence-electron chi connectivity index (χ1n) is 11.8. The molecule has 2 fully saturated rings. The van der Waals surface area contributed by atoms with Gasteiger partial charge >= 0.3 is 6.18 Å². The molecule has 1 saturated carbocycles. The van der Waals surface area contributed by atoms with Crippen LogP contribution in [0.3, 0.4) is 0 Å². The van der Waals surface area contributed by atoms with Gasteiger partial charge in [-0.25, -0.2) is 9.50 Å². The minimum atomic E-state index is -4.11. The maximum Gasteiger partial charge on any atom is 0.391 e. The Hall–Kier alpha value is -2.12. The number of hydrogen-bond acceptors (Lipinski definition) is 3. The van der Waals surface area contributed by atoms with Gasteiger partial charge in [-0.2, -0.15) is 18.3 Å². The van der Waals surface area contributed by atoms with E-state index >= 15 is 0 Å². The van der Waals surface area contributed by atoms with Crippen LogP contribution < -0.4 is 0 Å². The van der Waals surface area contributed by atoms with Gasteiger partial charge in [0.15, 0.2) is 5.65 Å². The van der Waals surface area contributed by atoms with E-state index in [9.17, 15) is 18.0 Å². The molecule has 1 unspecified atom stereocenters. The minimum Gasteiger partial charge on any atom is -0.342 e. The molecule has 1 amide bonds.